The van der Waals surface area contributed by atoms with Gasteiger partial charge in [0.1, 0.15) is 40.0 Å². The molecule has 0 bridgehead atoms. The summed E-state index contributed by atoms with van der Waals surface area (Å²) in [7, 11) is 0. The molecule has 0 saturated heterocycles. The van der Waals surface area contributed by atoms with Crippen molar-refractivity contribution >= 4 is 93.1 Å². The zero-order valence-electron chi connectivity index (χ0n) is 57.9. The van der Waals surface area contributed by atoms with Crippen LogP contribution in [0, 0.1) is 5.82 Å². The Morgan fingerprint density at radius 2 is 0.730 bits per heavy atom. The highest BCUT2D eigenvalue weighted by Gasteiger charge is 2.33. The molecule has 570 valence electrons. The van der Waals surface area contributed by atoms with Crippen molar-refractivity contribution in [2.75, 3.05) is 31.9 Å². The standard InChI is InChI=1S/C25H19ClF4N6O2.C25H20ClF3N6O2.C25H21F3N6O2/c1-2-36-12-16(22(35-36)13-9-10-32-19(11-13)23(31)37)20-17(27)7-8-18(21(20)26)34-24(38)33-15-5-3-14(4-6-15)25(28,29)30;1-2-35-13-18(22(34-35)14-10-11-31-20(12-14)23(30)36)17-4-3-5-19(21(17)26)33-24(37)32-16-8-6-15(7-9-16)25(27,28)29;1-2-34-14-20(22(33-34)16-10-11-30-21(13-16)23(29)35)15-4-3-5-19(12-15)32-24(36)31-18-8-6-17(7-9-18)25(26,27)28/h3-12H,2H2,1H3,(H2,31,37)(H2,33,34,38);3-13H,2H2,1H3,(H2,30,36)(H2,32,33,37);3-14H,2H2,1H3,(H2,29,35)(H2,31,32,36). The van der Waals surface area contributed by atoms with Gasteiger partial charge in [-0.25, -0.2) is 18.8 Å². The van der Waals surface area contributed by atoms with E-state index in [2.05, 4.69) is 62.1 Å². The molecule has 0 unspecified atom stereocenters. The lowest BCUT2D eigenvalue weighted by Gasteiger charge is -2.14. The van der Waals surface area contributed by atoms with Crippen LogP contribution in [0.1, 0.15) is 68.9 Å². The number of nitrogens with two attached hydrogens (primary N) is 3. The minimum atomic E-state index is -4.51. The van der Waals surface area contributed by atoms with Crippen molar-refractivity contribution < 1.29 is 72.7 Å². The number of pyridine rings is 3. The normalized spacial score (nSPS) is 11.3. The van der Waals surface area contributed by atoms with Gasteiger partial charge in [-0.15, -0.1) is 0 Å². The van der Waals surface area contributed by atoms with Crippen molar-refractivity contribution in [2.24, 2.45) is 17.2 Å². The zero-order valence-corrected chi connectivity index (χ0v) is 59.4. The second-order valence-corrected chi connectivity index (χ2v) is 24.4. The largest absolute Gasteiger partial charge is 0.416 e. The molecule has 12 aromatic rings. The molecule has 0 aliphatic rings. The van der Waals surface area contributed by atoms with Gasteiger partial charge < -0.3 is 49.1 Å². The molecule has 6 aromatic carbocycles. The van der Waals surface area contributed by atoms with Crippen LogP contribution >= 0.6 is 23.2 Å². The maximum absolute atomic E-state index is 15.1. The molecule has 12 rings (SSSR count). The number of benzene rings is 6. The predicted octanol–water partition coefficient (Wildman–Crippen LogP) is 17.6. The summed E-state index contributed by atoms with van der Waals surface area (Å²) < 4.78 is 135. The third-order valence-electron chi connectivity index (χ3n) is 16.1. The number of rotatable bonds is 18. The van der Waals surface area contributed by atoms with E-state index in [-0.39, 0.29) is 66.7 Å². The van der Waals surface area contributed by atoms with Crippen LogP contribution in [0.3, 0.4) is 0 Å². The molecule has 0 aliphatic carbocycles. The lowest BCUT2D eigenvalue weighted by Crippen LogP contribution is -2.20. The van der Waals surface area contributed by atoms with Crippen molar-refractivity contribution in [2.45, 2.75) is 58.9 Å². The number of aryl methyl sites for hydroxylation is 3. The third kappa shape index (κ3) is 20.0. The first-order chi connectivity index (χ1) is 52.7. The number of anilines is 6. The van der Waals surface area contributed by atoms with Crippen LogP contribution in [0.5, 0.6) is 0 Å². The van der Waals surface area contributed by atoms with Crippen LogP contribution < -0.4 is 49.1 Å². The van der Waals surface area contributed by atoms with Gasteiger partial charge in [0.15, 0.2) is 0 Å². The van der Waals surface area contributed by atoms with Crippen molar-refractivity contribution in [3.63, 3.8) is 0 Å². The van der Waals surface area contributed by atoms with Gasteiger partial charge >= 0.3 is 36.6 Å². The molecule has 6 heterocycles. The molecular weight excluding hydrogens is 1510 g/mol. The summed E-state index contributed by atoms with van der Waals surface area (Å²) in [5.41, 5.74) is 21.0. The van der Waals surface area contributed by atoms with E-state index in [0.29, 0.717) is 70.2 Å². The summed E-state index contributed by atoms with van der Waals surface area (Å²) in [6, 6.07) is 33.8. The average Bonchev–Trinajstić information content (AvgIpc) is 1.68. The van der Waals surface area contributed by atoms with E-state index in [9.17, 15) is 68.3 Å². The average molecular weight is 1570 g/mol. The Balaban J connectivity index is 0.000000177. The second-order valence-electron chi connectivity index (χ2n) is 23.6. The molecular formula is C75H60Cl2F10N18O6. The van der Waals surface area contributed by atoms with Gasteiger partial charge in [-0.3, -0.25) is 43.4 Å². The molecule has 0 atom stereocenters. The van der Waals surface area contributed by atoms with Crippen LogP contribution in [-0.4, -0.2) is 80.1 Å². The van der Waals surface area contributed by atoms with Crippen molar-refractivity contribution in [3.8, 4) is 67.2 Å². The Kier molecular flexibility index (Phi) is 24.6. The van der Waals surface area contributed by atoms with E-state index in [1.54, 1.807) is 87.1 Å². The Bertz CT molecular complexity index is 5460. The molecule has 0 fully saturated rings. The van der Waals surface area contributed by atoms with E-state index in [0.717, 1.165) is 77.9 Å². The lowest BCUT2D eigenvalue weighted by atomic mass is 10.0. The van der Waals surface area contributed by atoms with E-state index in [4.69, 9.17) is 40.4 Å². The highest BCUT2D eigenvalue weighted by atomic mass is 35.5. The second kappa shape index (κ2) is 34.2. The summed E-state index contributed by atoms with van der Waals surface area (Å²) in [5.74, 6) is -2.79. The maximum Gasteiger partial charge on any atom is 0.416 e. The molecule has 0 radical (unpaired) electrons. The number of nitrogens with one attached hydrogen (secondary N) is 6. The number of hydrogen-bond donors (Lipinski definition) is 9. The summed E-state index contributed by atoms with van der Waals surface area (Å²) in [5, 5.41) is 28.9. The van der Waals surface area contributed by atoms with Gasteiger partial charge in [-0.05, 0) is 166 Å². The molecule has 6 aromatic heterocycles. The molecule has 0 aliphatic heterocycles. The Morgan fingerprint density at radius 1 is 0.378 bits per heavy atom. The van der Waals surface area contributed by atoms with E-state index >= 15 is 4.39 Å². The minimum absolute atomic E-state index is 0.0126. The number of aromatic nitrogens is 9. The molecule has 36 heteroatoms. The number of primary amides is 3. The smallest absolute Gasteiger partial charge is 0.364 e. The number of carbonyl (C=O) groups is 6. The summed E-state index contributed by atoms with van der Waals surface area (Å²) >= 11 is 13.2. The number of nitrogens with zero attached hydrogens (tertiary/aromatic N) is 9. The number of amides is 9. The van der Waals surface area contributed by atoms with Gasteiger partial charge in [0.05, 0.1) is 38.1 Å². The fourth-order valence-electron chi connectivity index (χ4n) is 10.7. The van der Waals surface area contributed by atoms with Crippen molar-refractivity contribution in [3.05, 3.63) is 251 Å². The minimum Gasteiger partial charge on any atom is -0.364 e. The van der Waals surface area contributed by atoms with Crippen molar-refractivity contribution in [1.82, 2.24) is 44.3 Å². The predicted molar refractivity (Wildman–Crippen MR) is 397 cm³/mol. The van der Waals surface area contributed by atoms with E-state index < -0.39 is 76.9 Å². The van der Waals surface area contributed by atoms with Gasteiger partial charge in [0, 0.05) is 124 Å². The molecule has 0 saturated carbocycles. The Hall–Kier alpha value is -13.5. The van der Waals surface area contributed by atoms with Crippen LogP contribution in [0.25, 0.3) is 67.2 Å². The van der Waals surface area contributed by atoms with Crippen LogP contribution in [0.2, 0.25) is 10.0 Å². The summed E-state index contributed by atoms with van der Waals surface area (Å²) in [6.45, 7) is 7.27. The van der Waals surface area contributed by atoms with Gasteiger partial charge in [0.25, 0.3) is 17.7 Å². The van der Waals surface area contributed by atoms with Gasteiger partial charge in [-0.2, -0.15) is 54.8 Å². The number of hydrogen-bond acceptors (Lipinski definition) is 12. The molecule has 24 nitrogen and oxygen atoms in total. The monoisotopic (exact) mass is 1570 g/mol. The van der Waals surface area contributed by atoms with Gasteiger partial charge in [0.2, 0.25) is 0 Å². The number of carbonyl (C=O) groups excluding carboxylic acids is 6. The highest BCUT2D eigenvalue weighted by molar-refractivity contribution is 6.37. The topological polar surface area (TPSA) is 345 Å². The molecule has 0 spiro atoms. The SMILES string of the molecule is CCn1cc(-c2c(F)ccc(NC(=O)Nc3ccc(C(F)(F)F)cc3)c2Cl)c(-c2ccnc(C(N)=O)c2)n1.CCn1cc(-c2cccc(NC(=O)Nc3ccc(C(F)(F)F)cc3)c2)c(-c2ccnc(C(N)=O)c2)n1.CCn1cc(-c2cccc(NC(=O)Nc3ccc(C(F)(F)F)cc3)c2Cl)c(-c2ccnc(C(N)=O)c2)n1. The molecule has 12 N–H and O–H groups in total. The molecule has 9 amide bonds. The quantitative estimate of drug-likeness (QED) is 0.0362. The summed E-state index contributed by atoms with van der Waals surface area (Å²) in [4.78, 5) is 84.1. The van der Waals surface area contributed by atoms with E-state index in [1.165, 1.54) is 48.9 Å². The fourth-order valence-corrected chi connectivity index (χ4v) is 11.3. The first-order valence-corrected chi connectivity index (χ1v) is 33.6. The van der Waals surface area contributed by atoms with E-state index in [1.807, 2.05) is 33.0 Å². The fraction of sp³-hybridized carbons (Fsp3) is 0.120. The number of urea groups is 3. The Morgan fingerprint density at radius 3 is 1.13 bits per heavy atom. The Labute approximate surface area is 633 Å². The first-order valence-electron chi connectivity index (χ1n) is 32.8. The zero-order chi connectivity index (χ0) is 80.2. The van der Waals surface area contributed by atoms with Crippen LogP contribution in [0.15, 0.2) is 201 Å². The summed E-state index contributed by atoms with van der Waals surface area (Å²) in [6.07, 6.45) is -3.94. The van der Waals surface area contributed by atoms with Crippen LogP contribution in [0.4, 0.5) is 92.4 Å². The third-order valence-corrected chi connectivity index (χ3v) is 16.9. The number of halogens is 12. The molecule has 111 heavy (non-hydrogen) atoms. The van der Waals surface area contributed by atoms with Crippen molar-refractivity contribution in [1.29, 1.82) is 0 Å². The van der Waals surface area contributed by atoms with Crippen LogP contribution in [-0.2, 0) is 38.2 Å². The number of alkyl halides is 9. The first kappa shape index (κ1) is 80.0. The van der Waals surface area contributed by atoms with Gasteiger partial charge in [-0.1, -0.05) is 47.5 Å². The highest BCUT2D eigenvalue weighted by Crippen LogP contribution is 2.43. The maximum atomic E-state index is 15.1. The lowest BCUT2D eigenvalue weighted by molar-refractivity contribution is -0.138.